The summed E-state index contributed by atoms with van der Waals surface area (Å²) in [6.45, 7) is 8.23. The van der Waals surface area contributed by atoms with Gasteiger partial charge < -0.3 is 5.11 Å². The standard InChI is InChI=1S/C14H19N3O/c1-10(18)13-9-17(16-15-13)12-7-5-11(6-8-12)14(2,3)4/h5-10,18H,1-4H3/t10-/m1/s1. The third kappa shape index (κ3) is 2.59. The van der Waals surface area contributed by atoms with Gasteiger partial charge in [0.2, 0.25) is 0 Å². The predicted octanol–water partition coefficient (Wildman–Crippen LogP) is 2.62. The molecule has 0 radical (unpaired) electrons. The molecular weight excluding hydrogens is 226 g/mol. The quantitative estimate of drug-likeness (QED) is 0.884. The van der Waals surface area contributed by atoms with Gasteiger partial charge in [0, 0.05) is 0 Å². The molecule has 4 heteroatoms. The molecule has 18 heavy (non-hydrogen) atoms. The zero-order chi connectivity index (χ0) is 13.3. The molecule has 0 aliphatic rings. The number of aliphatic hydroxyl groups excluding tert-OH is 1. The zero-order valence-electron chi connectivity index (χ0n) is 11.3. The topological polar surface area (TPSA) is 50.9 Å². The van der Waals surface area contributed by atoms with Crippen LogP contribution in [-0.2, 0) is 5.41 Å². The minimum atomic E-state index is -0.590. The molecule has 1 atom stereocenters. The smallest absolute Gasteiger partial charge is 0.111 e. The molecule has 0 aliphatic heterocycles. The SMILES string of the molecule is C[C@@H](O)c1cn(-c2ccc(C(C)(C)C)cc2)nn1. The molecule has 0 saturated carbocycles. The van der Waals surface area contributed by atoms with Crippen LogP contribution in [0.1, 0.15) is 45.1 Å². The summed E-state index contributed by atoms with van der Waals surface area (Å²) in [4.78, 5) is 0. The van der Waals surface area contributed by atoms with E-state index in [1.807, 2.05) is 12.1 Å². The van der Waals surface area contributed by atoms with Crippen LogP contribution in [-0.4, -0.2) is 20.1 Å². The van der Waals surface area contributed by atoms with Crippen molar-refractivity contribution in [1.29, 1.82) is 0 Å². The van der Waals surface area contributed by atoms with Crippen molar-refractivity contribution >= 4 is 0 Å². The second kappa shape index (κ2) is 4.53. The first kappa shape index (κ1) is 12.8. The van der Waals surface area contributed by atoms with Crippen molar-refractivity contribution in [3.8, 4) is 5.69 Å². The molecule has 1 aromatic carbocycles. The van der Waals surface area contributed by atoms with Crippen molar-refractivity contribution in [1.82, 2.24) is 15.0 Å². The Bertz CT molecular complexity index is 521. The van der Waals surface area contributed by atoms with Crippen LogP contribution in [0.2, 0.25) is 0 Å². The third-order valence-corrected chi connectivity index (χ3v) is 2.94. The summed E-state index contributed by atoms with van der Waals surface area (Å²) in [5.41, 5.74) is 2.95. The number of rotatable bonds is 2. The second-order valence-electron chi connectivity index (χ2n) is 5.56. The Morgan fingerprint density at radius 1 is 1.17 bits per heavy atom. The summed E-state index contributed by atoms with van der Waals surface area (Å²) in [5.74, 6) is 0. The van der Waals surface area contributed by atoms with Crippen LogP contribution in [0.15, 0.2) is 30.5 Å². The molecule has 1 aromatic heterocycles. The molecule has 1 heterocycles. The van der Waals surface area contributed by atoms with Crippen LogP contribution in [0.5, 0.6) is 0 Å². The van der Waals surface area contributed by atoms with Gasteiger partial charge in [-0.25, -0.2) is 4.68 Å². The Kier molecular flexibility index (Phi) is 3.22. The van der Waals surface area contributed by atoms with Crippen molar-refractivity contribution < 1.29 is 5.11 Å². The Balaban J connectivity index is 2.29. The van der Waals surface area contributed by atoms with E-state index in [1.165, 1.54) is 5.56 Å². The molecule has 2 aromatic rings. The monoisotopic (exact) mass is 245 g/mol. The van der Waals surface area contributed by atoms with Crippen molar-refractivity contribution in [2.75, 3.05) is 0 Å². The first-order valence-corrected chi connectivity index (χ1v) is 6.09. The van der Waals surface area contributed by atoms with Crippen molar-refractivity contribution in [2.45, 2.75) is 39.2 Å². The van der Waals surface area contributed by atoms with Gasteiger partial charge in [-0.1, -0.05) is 38.1 Å². The molecule has 0 saturated heterocycles. The minimum Gasteiger partial charge on any atom is -0.387 e. The molecule has 0 fully saturated rings. The molecule has 96 valence electrons. The van der Waals surface area contributed by atoms with Crippen molar-refractivity contribution in [3.05, 3.63) is 41.7 Å². The predicted molar refractivity (Wildman–Crippen MR) is 70.7 cm³/mol. The summed E-state index contributed by atoms with van der Waals surface area (Å²) in [6, 6.07) is 8.22. The molecule has 0 spiro atoms. The van der Waals surface area contributed by atoms with Gasteiger partial charge in [0.15, 0.2) is 0 Å². The number of benzene rings is 1. The highest BCUT2D eigenvalue weighted by atomic mass is 16.3. The van der Waals surface area contributed by atoms with Gasteiger partial charge in [-0.05, 0) is 30.0 Å². The van der Waals surface area contributed by atoms with E-state index in [2.05, 4.69) is 43.2 Å². The zero-order valence-corrected chi connectivity index (χ0v) is 11.3. The van der Waals surface area contributed by atoms with E-state index in [1.54, 1.807) is 17.8 Å². The summed E-state index contributed by atoms with van der Waals surface area (Å²) in [5, 5.41) is 17.4. The Morgan fingerprint density at radius 2 is 1.78 bits per heavy atom. The average Bonchev–Trinajstić information content (AvgIpc) is 2.77. The lowest BCUT2D eigenvalue weighted by Gasteiger charge is -2.19. The van der Waals surface area contributed by atoms with Crippen LogP contribution in [0, 0.1) is 0 Å². The van der Waals surface area contributed by atoms with E-state index in [0.717, 1.165) is 5.69 Å². The van der Waals surface area contributed by atoms with Crippen molar-refractivity contribution in [2.24, 2.45) is 0 Å². The van der Waals surface area contributed by atoms with Gasteiger partial charge in [-0.3, -0.25) is 0 Å². The molecule has 0 aliphatic carbocycles. The van der Waals surface area contributed by atoms with Crippen LogP contribution in [0.3, 0.4) is 0 Å². The Labute approximate surface area is 107 Å². The molecule has 0 amide bonds. The highest BCUT2D eigenvalue weighted by Crippen LogP contribution is 2.23. The van der Waals surface area contributed by atoms with Gasteiger partial charge in [-0.15, -0.1) is 5.10 Å². The molecule has 0 bridgehead atoms. The van der Waals surface area contributed by atoms with Crippen LogP contribution >= 0.6 is 0 Å². The van der Waals surface area contributed by atoms with Crippen LogP contribution in [0.4, 0.5) is 0 Å². The lowest BCUT2D eigenvalue weighted by molar-refractivity contribution is 0.194. The number of hydrogen-bond donors (Lipinski definition) is 1. The third-order valence-electron chi connectivity index (χ3n) is 2.94. The van der Waals surface area contributed by atoms with Gasteiger partial charge >= 0.3 is 0 Å². The lowest BCUT2D eigenvalue weighted by atomic mass is 9.87. The molecule has 2 rings (SSSR count). The van der Waals surface area contributed by atoms with Gasteiger partial charge in [0.05, 0.1) is 18.0 Å². The van der Waals surface area contributed by atoms with Crippen LogP contribution < -0.4 is 0 Å². The lowest BCUT2D eigenvalue weighted by Crippen LogP contribution is -2.10. The maximum Gasteiger partial charge on any atom is 0.111 e. The Hall–Kier alpha value is -1.68. The van der Waals surface area contributed by atoms with Gasteiger partial charge in [0.25, 0.3) is 0 Å². The molecule has 0 unspecified atom stereocenters. The Morgan fingerprint density at radius 3 is 2.22 bits per heavy atom. The summed E-state index contributed by atoms with van der Waals surface area (Å²) < 4.78 is 1.68. The normalized spacial score (nSPS) is 13.6. The minimum absolute atomic E-state index is 0.145. The largest absolute Gasteiger partial charge is 0.387 e. The number of nitrogens with zero attached hydrogens (tertiary/aromatic N) is 3. The average molecular weight is 245 g/mol. The molecule has 1 N–H and O–H groups in total. The first-order chi connectivity index (χ1) is 8.38. The van der Waals surface area contributed by atoms with E-state index >= 15 is 0 Å². The highest BCUT2D eigenvalue weighted by molar-refractivity contribution is 5.36. The number of hydrogen-bond acceptors (Lipinski definition) is 3. The molecule has 4 nitrogen and oxygen atoms in total. The van der Waals surface area contributed by atoms with Crippen LogP contribution in [0.25, 0.3) is 5.69 Å². The fraction of sp³-hybridized carbons (Fsp3) is 0.429. The van der Waals surface area contributed by atoms with Gasteiger partial charge in [-0.2, -0.15) is 0 Å². The fourth-order valence-electron chi connectivity index (χ4n) is 1.71. The highest BCUT2D eigenvalue weighted by Gasteiger charge is 2.13. The summed E-state index contributed by atoms with van der Waals surface area (Å²) in [6.07, 6.45) is 1.16. The van der Waals surface area contributed by atoms with E-state index in [4.69, 9.17) is 0 Å². The molecular formula is C14H19N3O. The summed E-state index contributed by atoms with van der Waals surface area (Å²) >= 11 is 0. The van der Waals surface area contributed by atoms with E-state index in [9.17, 15) is 5.11 Å². The number of aromatic nitrogens is 3. The summed E-state index contributed by atoms with van der Waals surface area (Å²) in [7, 11) is 0. The van der Waals surface area contributed by atoms with E-state index < -0.39 is 6.10 Å². The maximum atomic E-state index is 9.42. The number of aliphatic hydroxyl groups is 1. The second-order valence-corrected chi connectivity index (χ2v) is 5.56. The fourth-order valence-corrected chi connectivity index (χ4v) is 1.71. The van der Waals surface area contributed by atoms with E-state index in [-0.39, 0.29) is 5.41 Å². The van der Waals surface area contributed by atoms with Crippen molar-refractivity contribution in [3.63, 3.8) is 0 Å². The maximum absolute atomic E-state index is 9.42. The van der Waals surface area contributed by atoms with E-state index in [0.29, 0.717) is 5.69 Å². The first-order valence-electron chi connectivity index (χ1n) is 6.09. The van der Waals surface area contributed by atoms with Gasteiger partial charge in [0.1, 0.15) is 5.69 Å².